The van der Waals surface area contributed by atoms with Crippen molar-refractivity contribution in [3.05, 3.63) is 67.4 Å². The molecule has 2 aromatic rings. The highest BCUT2D eigenvalue weighted by atomic mass is 35.5. The second kappa shape index (κ2) is 8.08. The second-order valence-corrected chi connectivity index (χ2v) is 6.93. The highest BCUT2D eigenvalue weighted by Crippen LogP contribution is 2.27. The van der Waals surface area contributed by atoms with Crippen LogP contribution < -0.4 is 5.32 Å². The van der Waals surface area contributed by atoms with E-state index in [4.69, 9.17) is 11.6 Å². The molecule has 0 aliphatic carbocycles. The molecular formula is C17H17ClN2O3S. The summed E-state index contributed by atoms with van der Waals surface area (Å²) in [6.07, 6.45) is 2.90. The second-order valence-electron chi connectivity index (χ2n) is 5.55. The van der Waals surface area contributed by atoms with Crippen LogP contribution in [-0.4, -0.2) is 10.8 Å². The predicted octanol–water partition coefficient (Wildman–Crippen LogP) is 4.84. The van der Waals surface area contributed by atoms with Gasteiger partial charge >= 0.3 is 0 Å². The molecule has 2 rings (SSSR count). The molecule has 0 saturated heterocycles. The van der Waals surface area contributed by atoms with Crippen LogP contribution in [0, 0.1) is 16.0 Å². The summed E-state index contributed by atoms with van der Waals surface area (Å²) in [5.74, 6) is -0.00248. The third-order valence-electron chi connectivity index (χ3n) is 3.41. The largest absolute Gasteiger partial charge is 0.345 e. The number of benzene rings is 1. The maximum atomic E-state index is 12.2. The first-order valence-corrected chi connectivity index (χ1v) is 8.60. The molecule has 1 amide bonds. The van der Waals surface area contributed by atoms with E-state index in [0.29, 0.717) is 5.56 Å². The van der Waals surface area contributed by atoms with Crippen molar-refractivity contribution in [2.75, 3.05) is 0 Å². The zero-order valence-corrected chi connectivity index (χ0v) is 14.8. The van der Waals surface area contributed by atoms with Crippen molar-refractivity contribution in [3.63, 3.8) is 0 Å². The Kier molecular flexibility index (Phi) is 6.11. The number of amides is 1. The molecule has 0 aliphatic rings. The molecule has 1 aromatic heterocycles. The Morgan fingerprint density at radius 2 is 2.12 bits per heavy atom. The molecule has 5 nitrogen and oxygen atoms in total. The van der Waals surface area contributed by atoms with Crippen molar-refractivity contribution in [1.29, 1.82) is 0 Å². The number of hydrogen-bond donors (Lipinski definition) is 1. The summed E-state index contributed by atoms with van der Waals surface area (Å²) in [6, 6.07) is 8.27. The number of carbonyl (C=O) groups is 1. The molecule has 0 aliphatic heterocycles. The van der Waals surface area contributed by atoms with Gasteiger partial charge in [-0.2, -0.15) is 0 Å². The molecule has 1 N–H and O–H groups in total. The number of nitro benzene ring substituents is 1. The monoisotopic (exact) mass is 364 g/mol. The van der Waals surface area contributed by atoms with Crippen molar-refractivity contribution in [2.45, 2.75) is 19.9 Å². The lowest BCUT2D eigenvalue weighted by molar-refractivity contribution is -0.384. The van der Waals surface area contributed by atoms with Gasteiger partial charge in [-0.15, -0.1) is 11.3 Å². The van der Waals surface area contributed by atoms with Crippen LogP contribution in [0.5, 0.6) is 0 Å². The summed E-state index contributed by atoms with van der Waals surface area (Å²) >= 11 is 7.36. The van der Waals surface area contributed by atoms with Crippen LogP contribution in [0.1, 0.15) is 30.3 Å². The average molecular weight is 365 g/mol. The molecule has 24 heavy (non-hydrogen) atoms. The molecule has 126 valence electrons. The number of thiophene rings is 1. The lowest BCUT2D eigenvalue weighted by Gasteiger charge is -2.20. The van der Waals surface area contributed by atoms with Crippen LogP contribution in [0.3, 0.4) is 0 Å². The fraction of sp³-hybridized carbons (Fsp3) is 0.235. The minimum atomic E-state index is -0.550. The zero-order chi connectivity index (χ0) is 17.7. The van der Waals surface area contributed by atoms with E-state index in [1.54, 1.807) is 17.4 Å². The number of nitro groups is 1. The number of rotatable bonds is 6. The molecule has 0 bridgehead atoms. The van der Waals surface area contributed by atoms with E-state index in [1.807, 2.05) is 31.4 Å². The predicted molar refractivity (Wildman–Crippen MR) is 97.2 cm³/mol. The van der Waals surface area contributed by atoms with Crippen molar-refractivity contribution in [1.82, 2.24) is 5.32 Å². The van der Waals surface area contributed by atoms with E-state index in [2.05, 4.69) is 5.32 Å². The van der Waals surface area contributed by atoms with Gasteiger partial charge in [0.05, 0.1) is 11.0 Å². The van der Waals surface area contributed by atoms with Gasteiger partial charge in [0, 0.05) is 17.0 Å². The van der Waals surface area contributed by atoms with E-state index in [-0.39, 0.29) is 28.6 Å². The molecule has 0 saturated carbocycles. The third-order valence-corrected chi connectivity index (χ3v) is 4.68. The average Bonchev–Trinajstić information content (AvgIpc) is 3.05. The standard InChI is InChI=1S/C17H17ClN2O3S/c1-11(2)17(15-4-3-9-24-15)19-16(21)8-6-12-5-7-13(18)14(10-12)20(22)23/h3-11,17H,1-2H3,(H,19,21)/b8-6+. The van der Waals surface area contributed by atoms with Gasteiger partial charge in [-0.1, -0.05) is 37.6 Å². The Labute approximate surface area is 149 Å². The number of carbonyl (C=O) groups excluding carboxylic acids is 1. The molecule has 1 aromatic carbocycles. The highest BCUT2D eigenvalue weighted by Gasteiger charge is 2.18. The van der Waals surface area contributed by atoms with Crippen LogP contribution in [0.4, 0.5) is 5.69 Å². The molecular weight excluding hydrogens is 348 g/mol. The minimum Gasteiger partial charge on any atom is -0.345 e. The molecule has 0 fully saturated rings. The van der Waals surface area contributed by atoms with Gasteiger partial charge in [-0.25, -0.2) is 0 Å². The number of nitrogens with zero attached hydrogens (tertiary/aromatic N) is 1. The van der Waals surface area contributed by atoms with E-state index < -0.39 is 4.92 Å². The fourth-order valence-corrected chi connectivity index (χ4v) is 3.32. The maximum absolute atomic E-state index is 12.2. The first kappa shape index (κ1) is 18.2. The van der Waals surface area contributed by atoms with Gasteiger partial charge in [-0.05, 0) is 35.1 Å². The van der Waals surface area contributed by atoms with E-state index in [1.165, 1.54) is 24.3 Å². The van der Waals surface area contributed by atoms with Gasteiger partial charge in [0.1, 0.15) is 5.02 Å². The first-order valence-electron chi connectivity index (χ1n) is 7.34. The number of nitrogens with one attached hydrogen (secondary N) is 1. The van der Waals surface area contributed by atoms with Crippen LogP contribution in [-0.2, 0) is 4.79 Å². The Bertz CT molecular complexity index is 757. The van der Waals surface area contributed by atoms with Crippen LogP contribution in [0.15, 0.2) is 41.8 Å². The summed E-state index contributed by atoms with van der Waals surface area (Å²) in [7, 11) is 0. The Morgan fingerprint density at radius 3 is 2.71 bits per heavy atom. The summed E-state index contributed by atoms with van der Waals surface area (Å²) in [4.78, 5) is 23.6. The Morgan fingerprint density at radius 1 is 1.38 bits per heavy atom. The van der Waals surface area contributed by atoms with E-state index in [0.717, 1.165) is 4.88 Å². The maximum Gasteiger partial charge on any atom is 0.288 e. The van der Waals surface area contributed by atoms with Crippen LogP contribution >= 0.6 is 22.9 Å². The van der Waals surface area contributed by atoms with E-state index in [9.17, 15) is 14.9 Å². The zero-order valence-electron chi connectivity index (χ0n) is 13.2. The molecule has 1 unspecified atom stereocenters. The highest BCUT2D eigenvalue weighted by molar-refractivity contribution is 7.10. The summed E-state index contributed by atoms with van der Waals surface area (Å²) in [5.41, 5.74) is 0.358. The first-order chi connectivity index (χ1) is 11.4. The normalized spacial score (nSPS) is 12.5. The number of halogens is 1. The lowest BCUT2D eigenvalue weighted by Crippen LogP contribution is -2.29. The third kappa shape index (κ3) is 4.66. The van der Waals surface area contributed by atoms with Gasteiger partial charge < -0.3 is 5.32 Å². The van der Waals surface area contributed by atoms with Crippen molar-refractivity contribution in [3.8, 4) is 0 Å². The lowest BCUT2D eigenvalue weighted by atomic mass is 10.0. The molecule has 7 heteroatoms. The summed E-state index contributed by atoms with van der Waals surface area (Å²) in [5, 5.41) is 15.9. The SMILES string of the molecule is CC(C)C(NC(=O)/C=C/c1ccc(Cl)c([N+](=O)[O-])c1)c1cccs1. The van der Waals surface area contributed by atoms with Gasteiger partial charge in [-0.3, -0.25) is 14.9 Å². The van der Waals surface area contributed by atoms with Crippen LogP contribution in [0.2, 0.25) is 5.02 Å². The molecule has 0 radical (unpaired) electrons. The summed E-state index contributed by atoms with van der Waals surface area (Å²) in [6.45, 7) is 4.08. The minimum absolute atomic E-state index is 0.0679. The Hall–Kier alpha value is -2.18. The Balaban J connectivity index is 2.10. The van der Waals surface area contributed by atoms with E-state index >= 15 is 0 Å². The quantitative estimate of drug-likeness (QED) is 0.453. The van der Waals surface area contributed by atoms with Crippen molar-refractivity contribution >= 4 is 40.6 Å². The van der Waals surface area contributed by atoms with Gasteiger partial charge in [0.2, 0.25) is 5.91 Å². The summed E-state index contributed by atoms with van der Waals surface area (Å²) < 4.78 is 0. The topological polar surface area (TPSA) is 72.2 Å². The van der Waals surface area contributed by atoms with Crippen molar-refractivity contribution < 1.29 is 9.72 Å². The van der Waals surface area contributed by atoms with Gasteiger partial charge in [0.25, 0.3) is 5.69 Å². The van der Waals surface area contributed by atoms with Crippen molar-refractivity contribution in [2.24, 2.45) is 5.92 Å². The molecule has 1 heterocycles. The fourth-order valence-electron chi connectivity index (χ4n) is 2.18. The smallest absolute Gasteiger partial charge is 0.288 e. The van der Waals surface area contributed by atoms with Crippen LogP contribution in [0.25, 0.3) is 6.08 Å². The molecule has 0 spiro atoms. The van der Waals surface area contributed by atoms with Gasteiger partial charge in [0.15, 0.2) is 0 Å². The molecule has 1 atom stereocenters. The number of hydrogen-bond acceptors (Lipinski definition) is 4.